The van der Waals surface area contributed by atoms with Gasteiger partial charge < -0.3 is 4.57 Å². The van der Waals surface area contributed by atoms with E-state index in [1.807, 2.05) is 12.4 Å². The van der Waals surface area contributed by atoms with E-state index in [2.05, 4.69) is 97.8 Å². The lowest BCUT2D eigenvalue weighted by Crippen LogP contribution is -2.02. The summed E-state index contributed by atoms with van der Waals surface area (Å²) in [6.45, 7) is 2.88. The topological polar surface area (TPSA) is 72.3 Å². The average molecular weight is 419 g/mol. The standard InChI is InChI=1S/C26H22N6/c1-17(26-28-30-31-29-26)25-21-7-3-2-6-19(21)11-12-20-14-18(10-13-22(20)25)15-32-16-27-23-8-4-5-9-24(23)32/h2-10,13-14,16H,11-12,15H2,1H3,(H,28,29,30,31)/b25-17+. The molecule has 0 saturated heterocycles. The van der Waals surface area contributed by atoms with Crippen LogP contribution in [0.15, 0.2) is 73.1 Å². The minimum atomic E-state index is 0.636. The molecule has 5 aromatic rings. The first-order chi connectivity index (χ1) is 15.8. The summed E-state index contributed by atoms with van der Waals surface area (Å²) in [7, 11) is 0. The Bertz CT molecular complexity index is 1460. The third-order valence-electron chi connectivity index (χ3n) is 6.33. The van der Waals surface area contributed by atoms with Gasteiger partial charge in [0.1, 0.15) is 0 Å². The van der Waals surface area contributed by atoms with Gasteiger partial charge in [0.2, 0.25) is 5.82 Å². The second kappa shape index (κ2) is 7.57. The summed E-state index contributed by atoms with van der Waals surface area (Å²) in [4.78, 5) is 4.54. The molecule has 0 bridgehead atoms. The van der Waals surface area contributed by atoms with Crippen molar-refractivity contribution in [2.45, 2.75) is 26.3 Å². The van der Waals surface area contributed by atoms with E-state index in [9.17, 15) is 0 Å². The smallest absolute Gasteiger partial charge is 0.201 e. The number of H-pyrrole nitrogens is 1. The first-order valence-corrected chi connectivity index (χ1v) is 10.8. The minimum absolute atomic E-state index is 0.636. The highest BCUT2D eigenvalue weighted by atomic mass is 15.5. The molecule has 1 N–H and O–H groups in total. The summed E-state index contributed by atoms with van der Waals surface area (Å²) in [6.07, 6.45) is 3.93. The Labute approximate surface area is 185 Å². The van der Waals surface area contributed by atoms with E-state index in [1.54, 1.807) is 0 Å². The summed E-state index contributed by atoms with van der Waals surface area (Å²) in [5.41, 5.74) is 10.9. The number of benzene rings is 3. The monoisotopic (exact) mass is 418 g/mol. The van der Waals surface area contributed by atoms with Crippen molar-refractivity contribution in [2.24, 2.45) is 0 Å². The van der Waals surface area contributed by atoms with E-state index in [-0.39, 0.29) is 0 Å². The molecule has 6 nitrogen and oxygen atoms in total. The quantitative estimate of drug-likeness (QED) is 0.462. The number of tetrazole rings is 1. The first kappa shape index (κ1) is 18.7. The van der Waals surface area contributed by atoms with Crippen molar-refractivity contribution in [3.63, 3.8) is 0 Å². The summed E-state index contributed by atoms with van der Waals surface area (Å²) >= 11 is 0. The number of fused-ring (bicyclic) bond motifs is 3. The van der Waals surface area contributed by atoms with Crippen LogP contribution in [0.4, 0.5) is 0 Å². The zero-order valence-electron chi connectivity index (χ0n) is 17.8. The molecule has 156 valence electrons. The number of aryl methyl sites for hydroxylation is 2. The zero-order chi connectivity index (χ0) is 21.5. The van der Waals surface area contributed by atoms with E-state index in [0.29, 0.717) is 5.82 Å². The molecular formula is C26H22N6. The summed E-state index contributed by atoms with van der Waals surface area (Å²) in [5.74, 6) is 0.636. The second-order valence-electron chi connectivity index (χ2n) is 8.25. The van der Waals surface area contributed by atoms with Crippen molar-refractivity contribution in [3.8, 4) is 0 Å². The van der Waals surface area contributed by atoms with Gasteiger partial charge in [0.15, 0.2) is 0 Å². The van der Waals surface area contributed by atoms with Gasteiger partial charge in [-0.2, -0.15) is 5.21 Å². The number of nitrogens with one attached hydrogen (secondary N) is 1. The van der Waals surface area contributed by atoms with Gasteiger partial charge in [0.05, 0.1) is 17.4 Å². The normalized spacial score (nSPS) is 14.7. The maximum absolute atomic E-state index is 4.54. The highest BCUT2D eigenvalue weighted by molar-refractivity contribution is 5.98. The van der Waals surface area contributed by atoms with Crippen LogP contribution in [-0.4, -0.2) is 30.2 Å². The molecule has 2 heterocycles. The fourth-order valence-corrected chi connectivity index (χ4v) is 4.76. The Morgan fingerprint density at radius 3 is 2.66 bits per heavy atom. The van der Waals surface area contributed by atoms with Crippen LogP contribution in [0.2, 0.25) is 0 Å². The molecule has 0 spiro atoms. The van der Waals surface area contributed by atoms with Crippen LogP contribution < -0.4 is 0 Å². The van der Waals surface area contributed by atoms with Crippen LogP contribution in [-0.2, 0) is 19.4 Å². The van der Waals surface area contributed by atoms with Crippen LogP contribution >= 0.6 is 0 Å². The molecule has 0 aliphatic heterocycles. The van der Waals surface area contributed by atoms with Gasteiger partial charge in [-0.1, -0.05) is 54.6 Å². The third-order valence-corrected chi connectivity index (χ3v) is 6.33. The van der Waals surface area contributed by atoms with E-state index in [1.165, 1.54) is 33.4 Å². The number of hydrogen-bond donors (Lipinski definition) is 1. The molecule has 0 saturated carbocycles. The number of imidazole rings is 1. The molecule has 0 amide bonds. The van der Waals surface area contributed by atoms with Crippen LogP contribution in [0, 0.1) is 0 Å². The van der Waals surface area contributed by atoms with Gasteiger partial charge in [-0.15, -0.1) is 10.2 Å². The Hall–Kier alpha value is -4.06. The molecule has 1 aliphatic rings. The van der Waals surface area contributed by atoms with Crippen LogP contribution in [0.5, 0.6) is 0 Å². The van der Waals surface area contributed by atoms with Crippen molar-refractivity contribution in [1.29, 1.82) is 0 Å². The highest BCUT2D eigenvalue weighted by Gasteiger charge is 2.22. The molecule has 0 fully saturated rings. The summed E-state index contributed by atoms with van der Waals surface area (Å²) in [6, 6.07) is 23.7. The molecule has 2 aromatic heterocycles. The zero-order valence-corrected chi connectivity index (χ0v) is 17.8. The number of aromatic nitrogens is 6. The Morgan fingerprint density at radius 1 is 0.938 bits per heavy atom. The fourth-order valence-electron chi connectivity index (χ4n) is 4.76. The van der Waals surface area contributed by atoms with Crippen molar-refractivity contribution in [2.75, 3.05) is 0 Å². The summed E-state index contributed by atoms with van der Waals surface area (Å²) < 4.78 is 2.21. The van der Waals surface area contributed by atoms with Crippen LogP contribution in [0.3, 0.4) is 0 Å². The Morgan fingerprint density at radius 2 is 1.75 bits per heavy atom. The van der Waals surface area contributed by atoms with Crippen LogP contribution in [0.25, 0.3) is 22.2 Å². The maximum Gasteiger partial charge on any atom is 0.201 e. The van der Waals surface area contributed by atoms with E-state index < -0.39 is 0 Å². The lowest BCUT2D eigenvalue weighted by Gasteiger charge is -2.16. The number of nitrogens with zero attached hydrogens (tertiary/aromatic N) is 5. The fraction of sp³-hybridized carbons (Fsp3) is 0.154. The maximum atomic E-state index is 4.54. The van der Waals surface area contributed by atoms with Gasteiger partial charge in [-0.3, -0.25) is 0 Å². The molecule has 1 aliphatic carbocycles. The molecular weight excluding hydrogens is 396 g/mol. The molecule has 6 rings (SSSR count). The van der Waals surface area contributed by atoms with Crippen molar-refractivity contribution >= 4 is 22.2 Å². The average Bonchev–Trinajstić information content (AvgIpc) is 3.47. The van der Waals surface area contributed by atoms with Crippen molar-refractivity contribution < 1.29 is 0 Å². The van der Waals surface area contributed by atoms with E-state index in [4.69, 9.17) is 0 Å². The van der Waals surface area contributed by atoms with Gasteiger partial charge in [0.25, 0.3) is 0 Å². The predicted octanol–water partition coefficient (Wildman–Crippen LogP) is 4.68. The lowest BCUT2D eigenvalue weighted by atomic mass is 9.89. The lowest BCUT2D eigenvalue weighted by molar-refractivity contribution is 0.821. The second-order valence-corrected chi connectivity index (χ2v) is 8.25. The number of allylic oxidation sites excluding steroid dienone is 1. The predicted molar refractivity (Wildman–Crippen MR) is 125 cm³/mol. The third kappa shape index (κ3) is 3.12. The van der Waals surface area contributed by atoms with Gasteiger partial charge >= 0.3 is 0 Å². The summed E-state index contributed by atoms with van der Waals surface area (Å²) in [5, 5.41) is 14.9. The molecule has 6 heteroatoms. The first-order valence-electron chi connectivity index (χ1n) is 10.8. The van der Waals surface area contributed by atoms with Crippen LogP contribution in [0.1, 0.15) is 40.6 Å². The Balaban J connectivity index is 1.47. The van der Waals surface area contributed by atoms with Gasteiger partial charge in [-0.25, -0.2) is 4.98 Å². The molecule has 0 atom stereocenters. The number of hydrogen-bond acceptors (Lipinski definition) is 4. The molecule has 32 heavy (non-hydrogen) atoms. The van der Waals surface area contributed by atoms with E-state index >= 15 is 0 Å². The van der Waals surface area contributed by atoms with E-state index in [0.717, 1.165) is 36.0 Å². The highest BCUT2D eigenvalue weighted by Crippen LogP contribution is 2.38. The largest absolute Gasteiger partial charge is 0.326 e. The molecule has 0 unspecified atom stereocenters. The van der Waals surface area contributed by atoms with Gasteiger partial charge in [-0.05, 0) is 70.5 Å². The molecule has 3 aromatic carbocycles. The van der Waals surface area contributed by atoms with Gasteiger partial charge in [0, 0.05) is 12.1 Å². The minimum Gasteiger partial charge on any atom is -0.326 e. The Kier molecular flexibility index (Phi) is 4.42. The number of aromatic amines is 1. The number of rotatable bonds is 3. The SMILES string of the molecule is C/C(=C1/c2ccccc2CCc2cc(Cn3cnc4ccccc43)ccc21)c1nn[nH]n1. The van der Waals surface area contributed by atoms with Crippen molar-refractivity contribution in [1.82, 2.24) is 30.2 Å². The molecule has 0 radical (unpaired) electrons. The number of para-hydroxylation sites is 2. The van der Waals surface area contributed by atoms with Crippen molar-refractivity contribution in [3.05, 3.63) is 107 Å².